The number of nitrogens with zero attached hydrogens (tertiary/aromatic N) is 5. The van der Waals surface area contributed by atoms with Crippen molar-refractivity contribution in [3.8, 4) is 0 Å². The molecule has 0 N–H and O–H groups in total. The summed E-state index contributed by atoms with van der Waals surface area (Å²) in [6.45, 7) is 0.791. The molecule has 0 aliphatic carbocycles. The quantitative estimate of drug-likeness (QED) is 0.624. The predicted molar refractivity (Wildman–Crippen MR) is 111 cm³/mol. The van der Waals surface area contributed by atoms with E-state index in [1.807, 2.05) is 0 Å². The molecule has 164 valence electrons. The number of amides is 3. The third-order valence-corrected chi connectivity index (χ3v) is 5.85. The molecule has 4 heterocycles. The van der Waals surface area contributed by atoms with Gasteiger partial charge in [0.25, 0.3) is 5.56 Å². The van der Waals surface area contributed by atoms with Crippen LogP contribution in [0.3, 0.4) is 0 Å². The summed E-state index contributed by atoms with van der Waals surface area (Å²) in [6.07, 6.45) is 1.46. The Labute approximate surface area is 181 Å². The number of para-hydroxylation sites is 1. The van der Waals surface area contributed by atoms with E-state index in [1.54, 1.807) is 12.1 Å². The standard InChI is InChI=1S/C22H19F2N5O3/c23-14-5-6-19-25-17-7-8-26(12-15(17)21(31)29(19)11-14)20(30)13-27-9-10-28(22(27)32)18-4-2-1-3-16(18)24/h1-6,11H,7-10,12-13H2. The maximum Gasteiger partial charge on any atom is 0.325 e. The number of fused-ring (bicyclic) bond motifs is 2. The van der Waals surface area contributed by atoms with E-state index >= 15 is 0 Å². The number of urea groups is 1. The summed E-state index contributed by atoms with van der Waals surface area (Å²) in [5, 5.41) is 0. The molecule has 0 saturated carbocycles. The number of aromatic nitrogens is 2. The van der Waals surface area contributed by atoms with Crippen LogP contribution in [0.2, 0.25) is 0 Å². The minimum absolute atomic E-state index is 0.0402. The third kappa shape index (κ3) is 3.37. The fourth-order valence-electron chi connectivity index (χ4n) is 4.17. The zero-order chi connectivity index (χ0) is 22.4. The predicted octanol–water partition coefficient (Wildman–Crippen LogP) is 1.80. The smallest absolute Gasteiger partial charge is 0.325 e. The van der Waals surface area contributed by atoms with Gasteiger partial charge in [-0.2, -0.15) is 0 Å². The minimum atomic E-state index is -0.558. The lowest BCUT2D eigenvalue weighted by Crippen LogP contribution is -2.45. The van der Waals surface area contributed by atoms with E-state index in [1.165, 1.54) is 39.0 Å². The van der Waals surface area contributed by atoms with E-state index in [2.05, 4.69) is 4.98 Å². The topological polar surface area (TPSA) is 78.2 Å². The Kier molecular flexibility index (Phi) is 4.84. The van der Waals surface area contributed by atoms with Gasteiger partial charge in [0.2, 0.25) is 5.91 Å². The van der Waals surface area contributed by atoms with Gasteiger partial charge in [-0.05, 0) is 24.3 Å². The average molecular weight is 439 g/mol. The van der Waals surface area contributed by atoms with E-state index in [4.69, 9.17) is 0 Å². The van der Waals surface area contributed by atoms with Crippen molar-refractivity contribution in [2.24, 2.45) is 0 Å². The lowest BCUT2D eigenvalue weighted by Gasteiger charge is -2.29. The molecular formula is C22H19F2N5O3. The van der Waals surface area contributed by atoms with Crippen LogP contribution in [0.15, 0.2) is 47.4 Å². The monoisotopic (exact) mass is 439 g/mol. The Morgan fingerprint density at radius 3 is 2.66 bits per heavy atom. The number of carbonyl (C=O) groups excluding carboxylic acids is 2. The van der Waals surface area contributed by atoms with Gasteiger partial charge < -0.3 is 9.80 Å². The number of benzene rings is 1. The number of anilines is 1. The lowest BCUT2D eigenvalue weighted by atomic mass is 10.1. The maximum absolute atomic E-state index is 14.1. The summed E-state index contributed by atoms with van der Waals surface area (Å²) in [6, 6.07) is 8.23. The molecule has 5 rings (SSSR count). The first kappa shape index (κ1) is 20.1. The SMILES string of the molecule is O=C(CN1CCN(c2ccccc2F)C1=O)N1CCc2nc3ccc(F)cn3c(=O)c2C1. The second-order valence-corrected chi connectivity index (χ2v) is 7.79. The molecular weight excluding hydrogens is 420 g/mol. The molecule has 2 aliphatic rings. The molecule has 1 saturated heterocycles. The van der Waals surface area contributed by atoms with E-state index in [0.29, 0.717) is 29.9 Å². The van der Waals surface area contributed by atoms with Crippen LogP contribution in [-0.4, -0.2) is 57.3 Å². The third-order valence-electron chi connectivity index (χ3n) is 5.85. The molecule has 2 aliphatic heterocycles. The van der Waals surface area contributed by atoms with E-state index < -0.39 is 23.2 Å². The number of carbonyl (C=O) groups is 2. The van der Waals surface area contributed by atoms with Crippen molar-refractivity contribution in [3.05, 3.63) is 75.8 Å². The van der Waals surface area contributed by atoms with Crippen molar-refractivity contribution < 1.29 is 18.4 Å². The molecule has 10 heteroatoms. The fourth-order valence-corrected chi connectivity index (χ4v) is 4.17. The summed E-state index contributed by atoms with van der Waals surface area (Å²) in [5.41, 5.74) is 1.05. The van der Waals surface area contributed by atoms with Gasteiger partial charge in [-0.25, -0.2) is 18.6 Å². The van der Waals surface area contributed by atoms with Gasteiger partial charge in [-0.3, -0.25) is 18.9 Å². The highest BCUT2D eigenvalue weighted by Gasteiger charge is 2.34. The molecule has 8 nitrogen and oxygen atoms in total. The van der Waals surface area contributed by atoms with Gasteiger partial charge in [-0.1, -0.05) is 12.1 Å². The average Bonchev–Trinajstić information content (AvgIpc) is 3.14. The highest BCUT2D eigenvalue weighted by molar-refractivity contribution is 5.96. The minimum Gasteiger partial charge on any atom is -0.336 e. The highest BCUT2D eigenvalue weighted by atomic mass is 19.1. The molecule has 0 radical (unpaired) electrons. The van der Waals surface area contributed by atoms with Crippen molar-refractivity contribution in [2.75, 3.05) is 31.1 Å². The van der Waals surface area contributed by atoms with Gasteiger partial charge in [0.15, 0.2) is 0 Å². The molecule has 3 amide bonds. The summed E-state index contributed by atoms with van der Waals surface area (Å²) >= 11 is 0. The first-order valence-corrected chi connectivity index (χ1v) is 10.2. The molecule has 1 fully saturated rings. The maximum atomic E-state index is 14.1. The van der Waals surface area contributed by atoms with Crippen molar-refractivity contribution in [1.29, 1.82) is 0 Å². The van der Waals surface area contributed by atoms with Crippen LogP contribution in [0.4, 0.5) is 19.3 Å². The number of halogens is 2. The van der Waals surface area contributed by atoms with Crippen LogP contribution in [0.5, 0.6) is 0 Å². The van der Waals surface area contributed by atoms with Gasteiger partial charge in [0.1, 0.15) is 23.8 Å². The molecule has 0 unspecified atom stereocenters. The van der Waals surface area contributed by atoms with Gasteiger partial charge in [-0.15, -0.1) is 0 Å². The van der Waals surface area contributed by atoms with Crippen LogP contribution >= 0.6 is 0 Å². The molecule has 1 aromatic carbocycles. The van der Waals surface area contributed by atoms with Crippen LogP contribution in [0.25, 0.3) is 5.65 Å². The summed E-state index contributed by atoms with van der Waals surface area (Å²) in [5.74, 6) is -1.38. The number of rotatable bonds is 3. The number of pyridine rings is 1. The summed E-state index contributed by atoms with van der Waals surface area (Å²) in [4.78, 5) is 47.1. The normalized spacial score (nSPS) is 16.1. The second-order valence-electron chi connectivity index (χ2n) is 7.79. The Hall–Kier alpha value is -3.82. The van der Waals surface area contributed by atoms with E-state index in [9.17, 15) is 23.2 Å². The van der Waals surface area contributed by atoms with Gasteiger partial charge >= 0.3 is 6.03 Å². The molecule has 3 aromatic rings. The van der Waals surface area contributed by atoms with Crippen LogP contribution in [-0.2, 0) is 17.8 Å². The largest absolute Gasteiger partial charge is 0.336 e. The highest BCUT2D eigenvalue weighted by Crippen LogP contribution is 2.24. The summed E-state index contributed by atoms with van der Waals surface area (Å²) < 4.78 is 28.8. The van der Waals surface area contributed by atoms with Crippen LogP contribution < -0.4 is 10.5 Å². The molecule has 2 aromatic heterocycles. The Balaban J connectivity index is 1.32. The van der Waals surface area contributed by atoms with Crippen LogP contribution in [0.1, 0.15) is 11.3 Å². The first-order chi connectivity index (χ1) is 15.4. The molecule has 0 spiro atoms. The van der Waals surface area contributed by atoms with Gasteiger partial charge in [0.05, 0.1) is 23.5 Å². The van der Waals surface area contributed by atoms with E-state index in [0.717, 1.165) is 10.6 Å². The molecule has 32 heavy (non-hydrogen) atoms. The van der Waals surface area contributed by atoms with Crippen molar-refractivity contribution in [3.63, 3.8) is 0 Å². The fraction of sp³-hybridized carbons (Fsp3) is 0.273. The van der Waals surface area contributed by atoms with Crippen LogP contribution in [0, 0.1) is 11.6 Å². The lowest BCUT2D eigenvalue weighted by molar-refractivity contribution is -0.132. The Morgan fingerprint density at radius 2 is 1.84 bits per heavy atom. The van der Waals surface area contributed by atoms with Crippen molar-refractivity contribution in [2.45, 2.75) is 13.0 Å². The van der Waals surface area contributed by atoms with Gasteiger partial charge in [0, 0.05) is 32.3 Å². The van der Waals surface area contributed by atoms with E-state index in [-0.39, 0.29) is 37.8 Å². The zero-order valence-electron chi connectivity index (χ0n) is 17.0. The zero-order valence-corrected chi connectivity index (χ0v) is 17.0. The number of hydrogen-bond acceptors (Lipinski definition) is 4. The van der Waals surface area contributed by atoms with Crippen molar-refractivity contribution in [1.82, 2.24) is 19.2 Å². The first-order valence-electron chi connectivity index (χ1n) is 10.2. The Morgan fingerprint density at radius 1 is 1.03 bits per heavy atom. The molecule has 0 atom stereocenters. The molecule has 0 bridgehead atoms. The number of hydrogen-bond donors (Lipinski definition) is 0. The Bertz CT molecular complexity index is 1310. The van der Waals surface area contributed by atoms with Crippen molar-refractivity contribution >= 4 is 23.3 Å². The second kappa shape index (κ2) is 7.70. The summed E-state index contributed by atoms with van der Waals surface area (Å²) in [7, 11) is 0.